The third-order valence-electron chi connectivity index (χ3n) is 5.07. The molecule has 3 aromatic rings. The van der Waals surface area contributed by atoms with E-state index >= 15 is 0 Å². The number of fused-ring (bicyclic) bond motifs is 1. The van der Waals surface area contributed by atoms with Crippen LogP contribution >= 0.6 is 0 Å². The van der Waals surface area contributed by atoms with Gasteiger partial charge in [0.1, 0.15) is 6.04 Å². The highest BCUT2D eigenvalue weighted by atomic mass is 16.5. The highest BCUT2D eigenvalue weighted by Crippen LogP contribution is 2.38. The van der Waals surface area contributed by atoms with Crippen LogP contribution in [0.4, 0.5) is 11.6 Å². The summed E-state index contributed by atoms with van der Waals surface area (Å²) in [4.78, 5) is 13.4. The zero-order valence-corrected chi connectivity index (χ0v) is 17.8. The second kappa shape index (κ2) is 8.47. The van der Waals surface area contributed by atoms with Crippen molar-refractivity contribution in [1.82, 2.24) is 20.2 Å². The Kier molecular flexibility index (Phi) is 5.57. The number of nitrogens with zero attached hydrogens (tertiary/aromatic N) is 4. The number of carbonyl (C=O) groups is 1. The molecule has 0 radical (unpaired) electrons. The van der Waals surface area contributed by atoms with Gasteiger partial charge in [0.05, 0.1) is 19.3 Å². The lowest BCUT2D eigenvalue weighted by Crippen LogP contribution is -2.31. The maximum atomic E-state index is 13.4. The van der Waals surface area contributed by atoms with Gasteiger partial charge in [0.2, 0.25) is 5.95 Å². The molecule has 160 valence electrons. The van der Waals surface area contributed by atoms with Crippen LogP contribution in [0.2, 0.25) is 0 Å². The minimum absolute atomic E-state index is 0.243. The van der Waals surface area contributed by atoms with Crippen molar-refractivity contribution in [2.24, 2.45) is 0 Å². The van der Waals surface area contributed by atoms with Gasteiger partial charge in [0.15, 0.2) is 11.5 Å². The summed E-state index contributed by atoms with van der Waals surface area (Å²) in [5, 5.41) is 18.0. The molecule has 0 saturated heterocycles. The smallest absolute Gasteiger partial charge is 0.255 e. The predicted octanol–water partition coefficient (Wildman–Crippen LogP) is 3.32. The zero-order valence-electron chi connectivity index (χ0n) is 17.8. The molecule has 9 heteroatoms. The van der Waals surface area contributed by atoms with E-state index in [4.69, 9.17) is 9.47 Å². The Morgan fingerprint density at radius 1 is 1.16 bits per heavy atom. The number of methoxy groups -OCH3 is 1. The Labute approximate surface area is 180 Å². The zero-order chi connectivity index (χ0) is 22.0. The number of tetrazole rings is 1. The van der Waals surface area contributed by atoms with Crippen molar-refractivity contribution in [1.29, 1.82) is 0 Å². The van der Waals surface area contributed by atoms with Crippen LogP contribution in [0, 0.1) is 6.92 Å². The van der Waals surface area contributed by atoms with Crippen LogP contribution in [0.3, 0.4) is 0 Å². The molecule has 2 heterocycles. The Morgan fingerprint density at radius 2 is 1.94 bits per heavy atom. The molecule has 0 fully saturated rings. The number of allylic oxidation sites excluding steroid dienone is 1. The van der Waals surface area contributed by atoms with Crippen molar-refractivity contribution in [2.75, 3.05) is 24.4 Å². The van der Waals surface area contributed by atoms with E-state index < -0.39 is 6.04 Å². The molecule has 9 nitrogen and oxygen atoms in total. The number of ether oxygens (including phenoxy) is 2. The van der Waals surface area contributed by atoms with Gasteiger partial charge in [-0.25, -0.2) is 0 Å². The first kappa shape index (κ1) is 20.4. The first-order chi connectivity index (χ1) is 15.0. The summed E-state index contributed by atoms with van der Waals surface area (Å²) < 4.78 is 12.7. The molecule has 1 aliphatic heterocycles. The first-order valence-electron chi connectivity index (χ1n) is 9.96. The molecule has 2 aromatic carbocycles. The van der Waals surface area contributed by atoms with E-state index in [1.54, 1.807) is 11.8 Å². The largest absolute Gasteiger partial charge is 0.493 e. The SMILES string of the molecule is CCOc1ccc(C2C(C(=O)Nc3ccc(C)cc3)=C(C)Nc3nnnn32)cc1OC. The molecule has 0 aliphatic carbocycles. The van der Waals surface area contributed by atoms with Crippen LogP contribution in [-0.2, 0) is 4.79 Å². The number of nitrogens with one attached hydrogen (secondary N) is 2. The fraction of sp³-hybridized carbons (Fsp3) is 0.273. The van der Waals surface area contributed by atoms with Crippen LogP contribution < -0.4 is 20.1 Å². The van der Waals surface area contributed by atoms with Crippen molar-refractivity contribution in [3.8, 4) is 11.5 Å². The van der Waals surface area contributed by atoms with Crippen molar-refractivity contribution >= 4 is 17.5 Å². The van der Waals surface area contributed by atoms with Crippen LogP contribution in [0.25, 0.3) is 0 Å². The number of hydrogen-bond donors (Lipinski definition) is 2. The van der Waals surface area contributed by atoms with Crippen LogP contribution in [0.1, 0.15) is 31.0 Å². The Balaban J connectivity index is 1.76. The van der Waals surface area contributed by atoms with Gasteiger partial charge in [-0.1, -0.05) is 28.9 Å². The number of anilines is 2. The highest BCUT2D eigenvalue weighted by molar-refractivity contribution is 6.06. The molecular formula is C22H24N6O3. The van der Waals surface area contributed by atoms with E-state index in [-0.39, 0.29) is 5.91 Å². The van der Waals surface area contributed by atoms with E-state index in [1.165, 1.54) is 0 Å². The van der Waals surface area contributed by atoms with E-state index in [1.807, 2.05) is 63.2 Å². The second-order valence-corrected chi connectivity index (χ2v) is 7.18. The number of amides is 1. The van der Waals surface area contributed by atoms with Crippen LogP contribution in [-0.4, -0.2) is 39.8 Å². The molecule has 0 spiro atoms. The number of aryl methyl sites for hydroxylation is 1. The molecule has 4 rings (SSSR count). The summed E-state index contributed by atoms with van der Waals surface area (Å²) >= 11 is 0. The van der Waals surface area contributed by atoms with Crippen LogP contribution in [0.5, 0.6) is 11.5 Å². The van der Waals surface area contributed by atoms with Crippen molar-refractivity contribution in [3.05, 3.63) is 64.9 Å². The molecule has 1 aliphatic rings. The summed E-state index contributed by atoms with van der Waals surface area (Å²) in [6, 6.07) is 12.7. The number of carbonyl (C=O) groups excluding carboxylic acids is 1. The summed E-state index contributed by atoms with van der Waals surface area (Å²) in [5.41, 5.74) is 3.80. The normalized spacial score (nSPS) is 15.2. The average Bonchev–Trinajstić information content (AvgIpc) is 3.23. The fourth-order valence-electron chi connectivity index (χ4n) is 3.58. The molecular weight excluding hydrogens is 396 g/mol. The van der Waals surface area contributed by atoms with Gasteiger partial charge >= 0.3 is 0 Å². The molecule has 2 N–H and O–H groups in total. The molecule has 1 atom stereocenters. The molecule has 1 amide bonds. The Morgan fingerprint density at radius 3 is 2.65 bits per heavy atom. The number of rotatable bonds is 6. The van der Waals surface area contributed by atoms with Gasteiger partial charge in [0.25, 0.3) is 5.91 Å². The predicted molar refractivity (Wildman–Crippen MR) is 116 cm³/mol. The number of aromatic nitrogens is 4. The molecule has 0 saturated carbocycles. The minimum Gasteiger partial charge on any atom is -0.493 e. The first-order valence-corrected chi connectivity index (χ1v) is 9.96. The summed E-state index contributed by atoms with van der Waals surface area (Å²) in [7, 11) is 1.58. The summed E-state index contributed by atoms with van der Waals surface area (Å²) in [6.07, 6.45) is 0. The monoisotopic (exact) mass is 420 g/mol. The summed E-state index contributed by atoms with van der Waals surface area (Å²) in [6.45, 7) is 6.26. The topological polar surface area (TPSA) is 103 Å². The summed E-state index contributed by atoms with van der Waals surface area (Å²) in [5.74, 6) is 1.42. The van der Waals surface area contributed by atoms with Gasteiger partial charge in [-0.15, -0.1) is 0 Å². The average molecular weight is 420 g/mol. The fourth-order valence-corrected chi connectivity index (χ4v) is 3.58. The third-order valence-corrected chi connectivity index (χ3v) is 5.07. The molecule has 31 heavy (non-hydrogen) atoms. The lowest BCUT2D eigenvalue weighted by molar-refractivity contribution is -0.113. The Hall–Kier alpha value is -3.88. The van der Waals surface area contributed by atoms with E-state index in [2.05, 4.69) is 26.2 Å². The quantitative estimate of drug-likeness (QED) is 0.630. The maximum absolute atomic E-state index is 13.4. The van der Waals surface area contributed by atoms with Crippen molar-refractivity contribution < 1.29 is 14.3 Å². The minimum atomic E-state index is -0.540. The maximum Gasteiger partial charge on any atom is 0.255 e. The van der Waals surface area contributed by atoms with Gasteiger partial charge < -0.3 is 20.1 Å². The third kappa shape index (κ3) is 3.94. The van der Waals surface area contributed by atoms with Gasteiger partial charge in [-0.2, -0.15) is 4.68 Å². The van der Waals surface area contributed by atoms with Crippen LogP contribution in [0.15, 0.2) is 53.7 Å². The molecule has 0 bridgehead atoms. The standard InChI is InChI=1S/C22H24N6O3/c1-5-31-17-11-8-15(12-18(17)30-4)20-19(14(3)23-22-25-26-27-28(20)22)21(29)24-16-9-6-13(2)7-10-16/h6-12,20H,5H2,1-4H3,(H,24,29)(H,23,25,27). The number of hydrogen-bond acceptors (Lipinski definition) is 7. The van der Waals surface area contributed by atoms with Crippen molar-refractivity contribution in [3.63, 3.8) is 0 Å². The second-order valence-electron chi connectivity index (χ2n) is 7.18. The highest BCUT2D eigenvalue weighted by Gasteiger charge is 2.34. The van der Waals surface area contributed by atoms with Crippen molar-refractivity contribution in [2.45, 2.75) is 26.8 Å². The van der Waals surface area contributed by atoms with E-state index in [0.717, 1.165) is 11.1 Å². The lowest BCUT2D eigenvalue weighted by atomic mass is 9.94. The van der Waals surface area contributed by atoms with Gasteiger partial charge in [0, 0.05) is 11.4 Å². The lowest BCUT2D eigenvalue weighted by Gasteiger charge is -2.28. The molecule has 1 aromatic heterocycles. The molecule has 1 unspecified atom stereocenters. The van der Waals surface area contributed by atoms with Gasteiger partial charge in [-0.3, -0.25) is 4.79 Å². The van der Waals surface area contributed by atoms with E-state index in [9.17, 15) is 4.79 Å². The van der Waals surface area contributed by atoms with E-state index in [0.29, 0.717) is 41.0 Å². The van der Waals surface area contributed by atoms with Gasteiger partial charge in [-0.05, 0) is 61.0 Å². The Bertz CT molecular complexity index is 1140. The number of benzene rings is 2.